The Morgan fingerprint density at radius 3 is 2.33 bits per heavy atom. The van der Waals surface area contributed by atoms with Crippen LogP contribution in [-0.2, 0) is 14.4 Å². The van der Waals surface area contributed by atoms with Gasteiger partial charge in [-0.05, 0) is 66.4 Å². The molecular weight excluding hydrogens is 498 g/mol. The van der Waals surface area contributed by atoms with E-state index in [-0.39, 0.29) is 17.3 Å². The normalized spacial score (nSPS) is 16.5. The molecule has 1 amide bonds. The largest absolute Gasteiger partial charge is 0.507 e. The van der Waals surface area contributed by atoms with E-state index in [9.17, 15) is 19.5 Å². The molecule has 0 bridgehead atoms. The fraction of sp³-hybridized carbons (Fsp3) is 0.258. The van der Waals surface area contributed by atoms with E-state index in [2.05, 4.69) is 0 Å². The first-order valence-electron chi connectivity index (χ1n) is 12.7. The van der Waals surface area contributed by atoms with E-state index in [0.29, 0.717) is 40.7 Å². The number of ketones is 1. The number of carbonyl (C=O) groups excluding carboxylic acids is 3. The van der Waals surface area contributed by atoms with E-state index in [4.69, 9.17) is 14.2 Å². The van der Waals surface area contributed by atoms with Crippen molar-refractivity contribution in [3.8, 4) is 17.2 Å². The van der Waals surface area contributed by atoms with Crippen molar-refractivity contribution in [2.45, 2.75) is 39.7 Å². The summed E-state index contributed by atoms with van der Waals surface area (Å²) >= 11 is 0. The maximum atomic E-state index is 13.5. The van der Waals surface area contributed by atoms with Gasteiger partial charge >= 0.3 is 5.97 Å². The number of carbonyl (C=O) groups is 3. The molecule has 0 radical (unpaired) electrons. The van der Waals surface area contributed by atoms with Gasteiger partial charge in [0.15, 0.2) is 0 Å². The van der Waals surface area contributed by atoms with E-state index in [1.54, 1.807) is 66.7 Å². The van der Waals surface area contributed by atoms with E-state index in [1.165, 1.54) is 18.9 Å². The summed E-state index contributed by atoms with van der Waals surface area (Å²) in [5.74, 6) is -0.761. The first kappa shape index (κ1) is 27.4. The predicted octanol–water partition coefficient (Wildman–Crippen LogP) is 5.77. The number of nitrogens with zero attached hydrogens (tertiary/aromatic N) is 1. The monoisotopic (exact) mass is 529 g/mol. The third-order valence-electron chi connectivity index (χ3n) is 6.44. The number of benzene rings is 3. The van der Waals surface area contributed by atoms with Crippen LogP contribution in [0.5, 0.6) is 17.2 Å². The molecule has 0 saturated carbocycles. The summed E-state index contributed by atoms with van der Waals surface area (Å²) < 4.78 is 16.2. The van der Waals surface area contributed by atoms with Crippen LogP contribution >= 0.6 is 0 Å². The summed E-state index contributed by atoms with van der Waals surface area (Å²) in [6.07, 6.45) is 0. The van der Waals surface area contributed by atoms with Crippen molar-refractivity contribution >= 4 is 29.1 Å². The predicted molar refractivity (Wildman–Crippen MR) is 147 cm³/mol. The van der Waals surface area contributed by atoms with Crippen molar-refractivity contribution in [2.24, 2.45) is 0 Å². The number of esters is 1. The maximum absolute atomic E-state index is 13.5. The zero-order valence-corrected chi connectivity index (χ0v) is 22.6. The molecule has 202 valence electrons. The number of anilines is 1. The topological polar surface area (TPSA) is 102 Å². The number of Topliss-reactive ketones (excluding diaryl/α,β-unsaturated/α-hetero) is 1. The van der Waals surface area contributed by atoms with Gasteiger partial charge < -0.3 is 19.3 Å². The van der Waals surface area contributed by atoms with Crippen molar-refractivity contribution in [2.75, 3.05) is 18.6 Å². The quantitative estimate of drug-likeness (QED) is 0.130. The molecular formula is C31H31NO7. The van der Waals surface area contributed by atoms with Gasteiger partial charge in [-0.25, -0.2) is 0 Å². The third kappa shape index (κ3) is 5.50. The zero-order valence-electron chi connectivity index (χ0n) is 22.6. The number of aliphatic hydroxyl groups is 1. The Morgan fingerprint density at radius 2 is 1.72 bits per heavy atom. The first-order chi connectivity index (χ1) is 18.7. The highest BCUT2D eigenvalue weighted by atomic mass is 16.5. The Bertz CT molecular complexity index is 1440. The number of aliphatic hydroxyl groups excluding tert-OH is 1. The van der Waals surface area contributed by atoms with Crippen LogP contribution in [0.3, 0.4) is 0 Å². The Hall–Kier alpha value is -4.59. The molecule has 4 rings (SSSR count). The van der Waals surface area contributed by atoms with Crippen molar-refractivity contribution in [1.29, 1.82) is 0 Å². The molecule has 1 N–H and O–H groups in total. The van der Waals surface area contributed by atoms with Crippen molar-refractivity contribution in [3.63, 3.8) is 0 Å². The van der Waals surface area contributed by atoms with Crippen LogP contribution in [0, 0.1) is 0 Å². The molecule has 1 heterocycles. The van der Waals surface area contributed by atoms with Crippen molar-refractivity contribution in [3.05, 3.63) is 89.0 Å². The molecule has 1 aliphatic heterocycles. The van der Waals surface area contributed by atoms with Gasteiger partial charge in [0, 0.05) is 24.2 Å². The Kier molecular flexibility index (Phi) is 8.04. The average molecular weight is 530 g/mol. The van der Waals surface area contributed by atoms with Gasteiger partial charge in [0.25, 0.3) is 11.7 Å². The second-order valence-electron chi connectivity index (χ2n) is 9.37. The van der Waals surface area contributed by atoms with Crippen LogP contribution in [0.15, 0.2) is 72.3 Å². The number of hydrogen-bond acceptors (Lipinski definition) is 7. The summed E-state index contributed by atoms with van der Waals surface area (Å²) in [4.78, 5) is 39.7. The molecule has 1 aliphatic rings. The van der Waals surface area contributed by atoms with E-state index in [1.807, 2.05) is 20.8 Å². The van der Waals surface area contributed by atoms with Gasteiger partial charge in [0.1, 0.15) is 23.0 Å². The summed E-state index contributed by atoms with van der Waals surface area (Å²) in [7, 11) is 1.51. The van der Waals surface area contributed by atoms with Gasteiger partial charge in [-0.15, -0.1) is 0 Å². The number of ether oxygens (including phenoxy) is 3. The number of methoxy groups -OCH3 is 1. The smallest absolute Gasteiger partial charge is 0.308 e. The lowest BCUT2D eigenvalue weighted by molar-refractivity contribution is -0.132. The Morgan fingerprint density at radius 1 is 1.00 bits per heavy atom. The standard InChI is InChI=1S/C31H31NO7/c1-6-38-26-15-12-21(16-25(26)18(2)3)29(34)27-28(20-10-13-23(14-11-20)39-19(4)33)32(31(36)30(27)35)22-8-7-9-24(17-22)37-5/h7-18,28,34H,6H2,1-5H3/b29-27-. The lowest BCUT2D eigenvalue weighted by Gasteiger charge is -2.26. The number of hydrogen-bond donors (Lipinski definition) is 1. The van der Waals surface area contributed by atoms with Gasteiger partial charge in [-0.1, -0.05) is 32.0 Å². The molecule has 1 saturated heterocycles. The Balaban J connectivity index is 1.91. The molecule has 8 nitrogen and oxygen atoms in total. The Labute approximate surface area is 227 Å². The van der Waals surface area contributed by atoms with E-state index < -0.39 is 23.7 Å². The second kappa shape index (κ2) is 11.4. The van der Waals surface area contributed by atoms with Gasteiger partial charge in [0.05, 0.1) is 25.3 Å². The van der Waals surface area contributed by atoms with Crippen LogP contribution in [0.4, 0.5) is 5.69 Å². The number of amides is 1. The van der Waals surface area contributed by atoms with Crippen LogP contribution in [0.2, 0.25) is 0 Å². The summed E-state index contributed by atoms with van der Waals surface area (Å²) in [6, 6.07) is 17.5. The van der Waals surface area contributed by atoms with Gasteiger partial charge in [-0.3, -0.25) is 19.3 Å². The van der Waals surface area contributed by atoms with Crippen molar-refractivity contribution < 1.29 is 33.7 Å². The van der Waals surface area contributed by atoms with Crippen LogP contribution < -0.4 is 19.1 Å². The fourth-order valence-electron chi connectivity index (χ4n) is 4.65. The molecule has 39 heavy (non-hydrogen) atoms. The highest BCUT2D eigenvalue weighted by Gasteiger charge is 2.47. The van der Waals surface area contributed by atoms with Crippen LogP contribution in [-0.4, -0.2) is 36.5 Å². The zero-order chi connectivity index (χ0) is 28.3. The molecule has 1 unspecified atom stereocenters. The lowest BCUT2D eigenvalue weighted by Crippen LogP contribution is -2.29. The molecule has 3 aromatic rings. The molecule has 1 fully saturated rings. The molecule has 0 aliphatic carbocycles. The molecule has 8 heteroatoms. The molecule has 3 aromatic carbocycles. The van der Waals surface area contributed by atoms with Crippen LogP contribution in [0.1, 0.15) is 56.3 Å². The average Bonchev–Trinajstić information content (AvgIpc) is 3.18. The molecule has 1 atom stereocenters. The number of rotatable bonds is 8. The first-order valence-corrected chi connectivity index (χ1v) is 12.7. The van der Waals surface area contributed by atoms with Gasteiger partial charge in [0.2, 0.25) is 0 Å². The molecule has 0 aromatic heterocycles. The van der Waals surface area contributed by atoms with Crippen molar-refractivity contribution in [1.82, 2.24) is 0 Å². The van der Waals surface area contributed by atoms with Gasteiger partial charge in [-0.2, -0.15) is 0 Å². The summed E-state index contributed by atoms with van der Waals surface area (Å²) in [5, 5.41) is 11.6. The van der Waals surface area contributed by atoms with E-state index in [0.717, 1.165) is 5.56 Å². The maximum Gasteiger partial charge on any atom is 0.308 e. The minimum atomic E-state index is -0.947. The minimum absolute atomic E-state index is 0.0538. The SMILES string of the molecule is CCOc1ccc(/C(O)=C2/C(=O)C(=O)N(c3cccc(OC)c3)C2c2ccc(OC(C)=O)cc2)cc1C(C)C. The second-order valence-corrected chi connectivity index (χ2v) is 9.37. The fourth-order valence-corrected chi connectivity index (χ4v) is 4.65. The molecule has 0 spiro atoms. The van der Waals surface area contributed by atoms with Crippen LogP contribution in [0.25, 0.3) is 5.76 Å². The summed E-state index contributed by atoms with van der Waals surface area (Å²) in [5.41, 5.74) is 2.18. The highest BCUT2D eigenvalue weighted by molar-refractivity contribution is 6.51. The third-order valence-corrected chi connectivity index (χ3v) is 6.44. The van der Waals surface area contributed by atoms with E-state index >= 15 is 0 Å². The lowest BCUT2D eigenvalue weighted by atomic mass is 9.93. The minimum Gasteiger partial charge on any atom is -0.507 e. The highest BCUT2D eigenvalue weighted by Crippen LogP contribution is 2.43. The summed E-state index contributed by atoms with van der Waals surface area (Å²) in [6.45, 7) is 7.70.